The third kappa shape index (κ3) is 64.5. The average molecular weight is 988 g/mol. The Bertz CT molecular complexity index is 1100. The number of hydrogen-bond donors (Lipinski definition) is 0. The molecule has 0 aliphatic heterocycles. The first-order valence-corrected chi connectivity index (χ1v) is 30.2. The largest absolute Gasteiger partial charge is 2.00 e. The molecule has 0 aliphatic rings. The molecule has 0 bridgehead atoms. The molecule has 65 heavy (non-hydrogen) atoms. The van der Waals surface area contributed by atoms with E-state index in [1.54, 1.807) is 0 Å². The first kappa shape index (κ1) is 69.7. The van der Waals surface area contributed by atoms with Crippen molar-refractivity contribution in [1.29, 1.82) is 0 Å². The molecule has 0 aliphatic carbocycles. The summed E-state index contributed by atoms with van der Waals surface area (Å²) in [6.45, 7) is 8.96. The Labute approximate surface area is 436 Å². The molecule has 2 unspecified atom stereocenters. The summed E-state index contributed by atoms with van der Waals surface area (Å²) < 4.78 is 74.1. The summed E-state index contributed by atoms with van der Waals surface area (Å²) in [6.07, 6.45) is 61.6. The van der Waals surface area contributed by atoms with E-state index >= 15 is 0 Å². The van der Waals surface area contributed by atoms with Gasteiger partial charge in [0.25, 0.3) is 0 Å². The zero-order chi connectivity index (χ0) is 47.5. The van der Waals surface area contributed by atoms with Gasteiger partial charge in [-0.1, -0.05) is 283 Å². The molecule has 0 heterocycles. The molecule has 0 saturated heterocycles. The molecule has 0 aromatic heterocycles. The van der Waals surface area contributed by atoms with Gasteiger partial charge >= 0.3 is 37.7 Å². The van der Waals surface area contributed by atoms with E-state index in [0.717, 1.165) is 38.5 Å². The third-order valence-electron chi connectivity index (χ3n) is 12.5. The summed E-state index contributed by atoms with van der Waals surface area (Å²) in [5.74, 6) is 0.0395. The van der Waals surface area contributed by atoms with E-state index in [4.69, 9.17) is 0 Å². The predicted molar refractivity (Wildman–Crippen MR) is 279 cm³/mol. The summed E-state index contributed by atoms with van der Waals surface area (Å²) in [5, 5.41) is 0. The molecule has 0 saturated carbocycles. The van der Waals surface area contributed by atoms with Crippen molar-refractivity contribution in [3.8, 4) is 0 Å². The molecule has 0 N–H and O–H groups in total. The molecule has 384 valence electrons. The monoisotopic (exact) mass is 987 g/mol. The Morgan fingerprint density at radius 3 is 0.754 bits per heavy atom. The van der Waals surface area contributed by atoms with E-state index < -0.39 is 20.8 Å². The molecule has 0 rings (SSSR count). The minimum Gasteiger partial charge on any atom is -0.726 e. The van der Waals surface area contributed by atoms with Gasteiger partial charge in [-0.05, 0) is 38.5 Å². The minimum atomic E-state index is -4.61. The Kier molecular flexibility index (Phi) is 59.4. The fourth-order valence-corrected chi connectivity index (χ4v) is 9.01. The van der Waals surface area contributed by atoms with Crippen LogP contribution < -0.4 is 0 Å². The quantitative estimate of drug-likeness (QED) is 0.0193. The molecule has 0 spiro atoms. The molecule has 11 heteroatoms. The van der Waals surface area contributed by atoms with Gasteiger partial charge in [0, 0.05) is 11.8 Å². The van der Waals surface area contributed by atoms with Crippen molar-refractivity contribution in [2.75, 3.05) is 13.2 Å². The first-order valence-electron chi connectivity index (χ1n) is 27.5. The van der Waals surface area contributed by atoms with Gasteiger partial charge in [-0.3, -0.25) is 8.37 Å². The summed E-state index contributed by atoms with van der Waals surface area (Å²) in [6, 6.07) is 0. The molecule has 0 fully saturated rings. The standard InChI is InChI=1S/2C27H54O4S.Ca/c2*1-3-5-7-9-11-13-15-17-19-21-23-25-27(26-31-32(28,29)30)24-22-20-18-16-14-12-10-8-6-4-2;/h2*22,24,27H,3-21,23,25-26H2,1-2H3,(H,28,29,30);/q;;+2/p-2/b2*24-22+;. The summed E-state index contributed by atoms with van der Waals surface area (Å²) in [5.41, 5.74) is 0. The minimum absolute atomic E-state index is 0. The van der Waals surface area contributed by atoms with Gasteiger partial charge < -0.3 is 9.11 Å². The fraction of sp³-hybridized carbons (Fsp3) is 0.926. The van der Waals surface area contributed by atoms with Crippen molar-refractivity contribution < 1.29 is 34.3 Å². The third-order valence-corrected chi connectivity index (χ3v) is 13.3. The normalized spacial score (nSPS) is 13.0. The van der Waals surface area contributed by atoms with Crippen LogP contribution in [0.1, 0.15) is 297 Å². The molecule has 0 radical (unpaired) electrons. The zero-order valence-corrected chi connectivity index (χ0v) is 47.2. The summed E-state index contributed by atoms with van der Waals surface area (Å²) >= 11 is 0. The van der Waals surface area contributed by atoms with Gasteiger partial charge in [-0.15, -0.1) is 0 Å². The van der Waals surface area contributed by atoms with E-state index in [9.17, 15) is 25.9 Å². The van der Waals surface area contributed by atoms with Gasteiger partial charge in [0.05, 0.1) is 13.2 Å². The molecule has 2 atom stereocenters. The van der Waals surface area contributed by atoms with Crippen LogP contribution in [0, 0.1) is 11.8 Å². The van der Waals surface area contributed by atoms with Crippen molar-refractivity contribution in [3.05, 3.63) is 24.3 Å². The molecule has 8 nitrogen and oxygen atoms in total. The van der Waals surface area contributed by atoms with Gasteiger partial charge in [0.2, 0.25) is 20.8 Å². The molecule has 0 aromatic carbocycles. The first-order chi connectivity index (χ1) is 31.0. The number of unbranched alkanes of at least 4 members (excludes halogenated alkanes) is 36. The average Bonchev–Trinajstić information content (AvgIpc) is 3.26. The maximum atomic E-state index is 10.8. The second-order valence-electron chi connectivity index (χ2n) is 18.9. The second kappa shape index (κ2) is 55.4. The molecular weight excluding hydrogens is 881 g/mol. The smallest absolute Gasteiger partial charge is 0.726 e. The SMILES string of the molecule is CCCCCCCCCC/C=C/C(CCCCCCCCCCCCC)COS(=O)(=O)[O-].CCCCCCCCCC/C=C/C(CCCCCCCCCCCCC)COS(=O)(=O)[O-].[Ca+2]. The van der Waals surface area contributed by atoms with Crippen LogP contribution in [0.25, 0.3) is 0 Å². The van der Waals surface area contributed by atoms with Gasteiger partial charge in [-0.2, -0.15) is 0 Å². The van der Waals surface area contributed by atoms with Gasteiger partial charge in [0.15, 0.2) is 0 Å². The van der Waals surface area contributed by atoms with Crippen LogP contribution in [0.15, 0.2) is 24.3 Å². The van der Waals surface area contributed by atoms with Crippen LogP contribution in [0.4, 0.5) is 0 Å². The van der Waals surface area contributed by atoms with Crippen LogP contribution in [0.3, 0.4) is 0 Å². The van der Waals surface area contributed by atoms with Crippen LogP contribution >= 0.6 is 0 Å². The number of rotatable bonds is 50. The van der Waals surface area contributed by atoms with Crippen LogP contribution in [-0.2, 0) is 29.2 Å². The predicted octanol–water partition coefficient (Wildman–Crippen LogP) is 17.4. The van der Waals surface area contributed by atoms with E-state index in [2.05, 4.69) is 60.4 Å². The Balaban J connectivity index is -0.00000116. The van der Waals surface area contributed by atoms with Crippen molar-refractivity contribution in [2.24, 2.45) is 11.8 Å². The van der Waals surface area contributed by atoms with Crippen LogP contribution in [0.5, 0.6) is 0 Å². The maximum absolute atomic E-state index is 10.8. The Hall–Kier alpha value is 0.480. The molecule has 0 aromatic rings. The fourth-order valence-electron chi connectivity index (χ4n) is 8.32. The molecule has 0 amide bonds. The van der Waals surface area contributed by atoms with Gasteiger partial charge in [-0.25, -0.2) is 16.8 Å². The van der Waals surface area contributed by atoms with E-state index in [1.807, 2.05) is 0 Å². The Morgan fingerprint density at radius 2 is 0.538 bits per heavy atom. The van der Waals surface area contributed by atoms with Crippen LogP contribution in [-0.4, -0.2) is 76.9 Å². The zero-order valence-electron chi connectivity index (χ0n) is 43.4. The van der Waals surface area contributed by atoms with E-state index in [-0.39, 0.29) is 62.8 Å². The topological polar surface area (TPSA) is 133 Å². The summed E-state index contributed by atoms with van der Waals surface area (Å²) in [7, 11) is -9.22. The number of allylic oxidation sites excluding steroid dienone is 2. The number of hydrogen-bond acceptors (Lipinski definition) is 8. The molecular formula is C54H106CaO8S2. The maximum Gasteiger partial charge on any atom is 2.00 e. The van der Waals surface area contributed by atoms with Crippen molar-refractivity contribution in [3.63, 3.8) is 0 Å². The van der Waals surface area contributed by atoms with Crippen molar-refractivity contribution in [1.82, 2.24) is 0 Å². The summed E-state index contributed by atoms with van der Waals surface area (Å²) in [4.78, 5) is 0. The van der Waals surface area contributed by atoms with Crippen molar-refractivity contribution >= 4 is 58.5 Å². The second-order valence-corrected chi connectivity index (χ2v) is 21.0. The van der Waals surface area contributed by atoms with Gasteiger partial charge in [0.1, 0.15) is 0 Å². The Morgan fingerprint density at radius 1 is 0.338 bits per heavy atom. The van der Waals surface area contributed by atoms with Crippen LogP contribution in [0.2, 0.25) is 0 Å². The van der Waals surface area contributed by atoms with Crippen molar-refractivity contribution in [2.45, 2.75) is 297 Å². The van der Waals surface area contributed by atoms with E-state index in [1.165, 1.54) is 231 Å². The van der Waals surface area contributed by atoms with E-state index in [0.29, 0.717) is 0 Å².